The monoisotopic (exact) mass is 219 g/mol. The summed E-state index contributed by atoms with van der Waals surface area (Å²) >= 11 is 0. The Morgan fingerprint density at radius 3 is 3.25 bits per heavy atom. The molecule has 0 aliphatic carbocycles. The van der Waals surface area contributed by atoms with Gasteiger partial charge in [0.05, 0.1) is 6.33 Å². The molecule has 0 fully saturated rings. The van der Waals surface area contributed by atoms with E-state index < -0.39 is 0 Å². The Morgan fingerprint density at radius 2 is 2.44 bits per heavy atom. The fraction of sp³-hybridized carbons (Fsp3) is 0.500. The zero-order valence-corrected chi connectivity index (χ0v) is 9.10. The van der Waals surface area contributed by atoms with Gasteiger partial charge in [0.1, 0.15) is 5.52 Å². The van der Waals surface area contributed by atoms with Crippen LogP contribution in [0.3, 0.4) is 0 Å². The topological polar surface area (TPSA) is 64.7 Å². The maximum atomic E-state index is 11.8. The number of aryl methyl sites for hydroxylation is 1. The summed E-state index contributed by atoms with van der Waals surface area (Å²) in [5.74, 6) is 0.663. The predicted molar refractivity (Wildman–Crippen MR) is 60.6 cm³/mol. The maximum Gasteiger partial charge on any atom is 0.351 e. The highest BCUT2D eigenvalue weighted by atomic mass is 16.1. The quantitative estimate of drug-likeness (QED) is 0.795. The fourth-order valence-corrected chi connectivity index (χ4v) is 2.12. The molecule has 6 nitrogen and oxygen atoms in total. The molecule has 3 rings (SSSR count). The smallest absolute Gasteiger partial charge is 0.351 e. The van der Waals surface area contributed by atoms with E-state index in [0.29, 0.717) is 12.4 Å². The van der Waals surface area contributed by atoms with Crippen LogP contribution in [0.2, 0.25) is 0 Å². The molecule has 6 heteroatoms. The average molecular weight is 219 g/mol. The van der Waals surface area contributed by atoms with E-state index >= 15 is 0 Å². The van der Waals surface area contributed by atoms with Crippen molar-refractivity contribution in [2.75, 3.05) is 11.9 Å². The number of nitrogens with zero attached hydrogens (tertiary/aromatic N) is 4. The molecule has 0 bridgehead atoms. The molecule has 0 amide bonds. The molecule has 2 aromatic heterocycles. The van der Waals surface area contributed by atoms with Gasteiger partial charge in [0.25, 0.3) is 0 Å². The maximum absolute atomic E-state index is 11.8. The van der Waals surface area contributed by atoms with Crippen LogP contribution in [0.25, 0.3) is 11.2 Å². The summed E-state index contributed by atoms with van der Waals surface area (Å²) in [6.45, 7) is 4.37. The molecule has 0 aromatic carbocycles. The van der Waals surface area contributed by atoms with Gasteiger partial charge in [-0.2, -0.15) is 4.98 Å². The SMILES string of the molecule is CCCn1c(=O)nc2c3c1ncn3CCN2. The highest BCUT2D eigenvalue weighted by Gasteiger charge is 2.18. The molecular formula is C10H13N5O. The summed E-state index contributed by atoms with van der Waals surface area (Å²) < 4.78 is 3.68. The van der Waals surface area contributed by atoms with Gasteiger partial charge in [0, 0.05) is 19.6 Å². The van der Waals surface area contributed by atoms with Crippen LogP contribution in [0.5, 0.6) is 0 Å². The minimum absolute atomic E-state index is 0.219. The van der Waals surface area contributed by atoms with Gasteiger partial charge in [-0.15, -0.1) is 0 Å². The number of hydrogen-bond donors (Lipinski definition) is 1. The lowest BCUT2D eigenvalue weighted by Crippen LogP contribution is -2.27. The summed E-state index contributed by atoms with van der Waals surface area (Å²) in [5.41, 5.74) is 1.47. The Morgan fingerprint density at radius 1 is 1.56 bits per heavy atom. The van der Waals surface area contributed by atoms with Crippen LogP contribution in [0.1, 0.15) is 13.3 Å². The Balaban J connectivity index is 2.37. The first kappa shape index (κ1) is 9.38. The van der Waals surface area contributed by atoms with E-state index in [0.717, 1.165) is 30.7 Å². The van der Waals surface area contributed by atoms with Gasteiger partial charge in [-0.05, 0) is 6.42 Å². The van der Waals surface area contributed by atoms with Crippen molar-refractivity contribution in [1.29, 1.82) is 0 Å². The molecule has 2 aromatic rings. The van der Waals surface area contributed by atoms with Crippen LogP contribution in [0.4, 0.5) is 5.82 Å². The van der Waals surface area contributed by atoms with Crippen LogP contribution in [0, 0.1) is 0 Å². The standard InChI is InChI=1S/C10H13N5O/c1-2-4-15-9-7-8(13-10(15)16)11-3-5-14(7)6-12-9/h6H,2-5H2,1H3,(H,11,13,16). The van der Waals surface area contributed by atoms with Crippen molar-refractivity contribution in [1.82, 2.24) is 19.1 Å². The zero-order chi connectivity index (χ0) is 11.1. The molecular weight excluding hydrogens is 206 g/mol. The predicted octanol–water partition coefficient (Wildman–Crippen LogP) is 0.428. The molecule has 0 atom stereocenters. The minimum atomic E-state index is -0.219. The number of nitrogens with one attached hydrogen (secondary N) is 1. The second kappa shape index (κ2) is 3.33. The van der Waals surface area contributed by atoms with Crippen molar-refractivity contribution in [3.05, 3.63) is 16.8 Å². The summed E-state index contributed by atoms with van der Waals surface area (Å²) in [7, 11) is 0. The molecule has 0 spiro atoms. The van der Waals surface area contributed by atoms with E-state index in [1.54, 1.807) is 10.9 Å². The average Bonchev–Trinajstić information content (AvgIpc) is 2.70. The second-order valence-electron chi connectivity index (χ2n) is 3.93. The van der Waals surface area contributed by atoms with E-state index in [9.17, 15) is 4.79 Å². The molecule has 0 unspecified atom stereocenters. The molecule has 3 heterocycles. The molecule has 0 radical (unpaired) electrons. The molecule has 1 aliphatic heterocycles. The number of aromatic nitrogens is 4. The van der Waals surface area contributed by atoms with Crippen molar-refractivity contribution in [2.45, 2.75) is 26.4 Å². The third-order valence-electron chi connectivity index (χ3n) is 2.83. The molecule has 16 heavy (non-hydrogen) atoms. The van der Waals surface area contributed by atoms with E-state index in [4.69, 9.17) is 0 Å². The van der Waals surface area contributed by atoms with Gasteiger partial charge in [-0.1, -0.05) is 6.92 Å². The van der Waals surface area contributed by atoms with Gasteiger partial charge in [0.2, 0.25) is 0 Å². The van der Waals surface area contributed by atoms with Gasteiger partial charge >= 0.3 is 5.69 Å². The van der Waals surface area contributed by atoms with E-state index in [-0.39, 0.29) is 5.69 Å². The molecule has 84 valence electrons. The summed E-state index contributed by atoms with van der Waals surface area (Å²) in [6, 6.07) is 0. The van der Waals surface area contributed by atoms with Crippen LogP contribution in [-0.2, 0) is 13.1 Å². The second-order valence-corrected chi connectivity index (χ2v) is 3.93. The first-order chi connectivity index (χ1) is 7.81. The highest BCUT2D eigenvalue weighted by Crippen LogP contribution is 2.21. The largest absolute Gasteiger partial charge is 0.366 e. The third-order valence-corrected chi connectivity index (χ3v) is 2.83. The third kappa shape index (κ3) is 1.16. The van der Waals surface area contributed by atoms with Crippen LogP contribution in [0.15, 0.2) is 11.1 Å². The lowest BCUT2D eigenvalue weighted by molar-refractivity contribution is 0.652. The molecule has 0 saturated heterocycles. The zero-order valence-electron chi connectivity index (χ0n) is 9.10. The first-order valence-electron chi connectivity index (χ1n) is 5.51. The van der Waals surface area contributed by atoms with Gasteiger partial charge < -0.3 is 9.88 Å². The van der Waals surface area contributed by atoms with E-state index in [1.807, 2.05) is 11.5 Å². The fourth-order valence-electron chi connectivity index (χ4n) is 2.12. The van der Waals surface area contributed by atoms with Crippen molar-refractivity contribution in [3.8, 4) is 0 Å². The Bertz CT molecular complexity index is 597. The van der Waals surface area contributed by atoms with Gasteiger partial charge in [0.15, 0.2) is 11.5 Å². The van der Waals surface area contributed by atoms with Crippen molar-refractivity contribution >= 4 is 17.0 Å². The highest BCUT2D eigenvalue weighted by molar-refractivity contribution is 5.84. The number of hydrogen-bond acceptors (Lipinski definition) is 4. The Hall–Kier alpha value is -1.85. The van der Waals surface area contributed by atoms with Crippen LogP contribution >= 0.6 is 0 Å². The summed E-state index contributed by atoms with van der Waals surface area (Å²) in [5, 5.41) is 3.14. The number of anilines is 1. The normalized spacial score (nSPS) is 14.1. The lowest BCUT2D eigenvalue weighted by atomic mass is 10.3. The van der Waals surface area contributed by atoms with Crippen molar-refractivity contribution < 1.29 is 0 Å². The summed E-state index contributed by atoms with van der Waals surface area (Å²) in [4.78, 5) is 20.2. The number of imidazole rings is 1. The molecule has 1 N–H and O–H groups in total. The van der Waals surface area contributed by atoms with Gasteiger partial charge in [-0.3, -0.25) is 4.57 Å². The number of rotatable bonds is 2. The van der Waals surface area contributed by atoms with Crippen molar-refractivity contribution in [3.63, 3.8) is 0 Å². The van der Waals surface area contributed by atoms with Crippen molar-refractivity contribution in [2.24, 2.45) is 0 Å². The lowest BCUT2D eigenvalue weighted by Gasteiger charge is -2.16. The molecule has 1 aliphatic rings. The molecule has 0 saturated carbocycles. The minimum Gasteiger partial charge on any atom is -0.366 e. The van der Waals surface area contributed by atoms with Gasteiger partial charge in [-0.25, -0.2) is 9.78 Å². The first-order valence-corrected chi connectivity index (χ1v) is 5.51. The van der Waals surface area contributed by atoms with E-state index in [2.05, 4.69) is 15.3 Å². The van der Waals surface area contributed by atoms with E-state index in [1.165, 1.54) is 0 Å². The Labute approximate surface area is 91.9 Å². The van der Waals surface area contributed by atoms with Crippen LogP contribution in [-0.4, -0.2) is 25.6 Å². The summed E-state index contributed by atoms with van der Waals surface area (Å²) in [6.07, 6.45) is 2.68. The Kier molecular flexibility index (Phi) is 1.95. The van der Waals surface area contributed by atoms with Crippen LogP contribution < -0.4 is 11.0 Å².